The average molecular weight is 416 g/mol. The summed E-state index contributed by atoms with van der Waals surface area (Å²) in [5.74, 6) is -0.658. The van der Waals surface area contributed by atoms with Crippen LogP contribution in [0.3, 0.4) is 0 Å². The van der Waals surface area contributed by atoms with Gasteiger partial charge in [0.1, 0.15) is 24.2 Å². The number of benzene rings is 1. The molecule has 5 atom stereocenters. The molecular weight excluding hydrogens is 388 g/mol. The molecule has 1 aromatic carbocycles. The fourth-order valence-electron chi connectivity index (χ4n) is 4.79. The number of fused-ring (bicyclic) bond motifs is 1. The van der Waals surface area contributed by atoms with Crippen LogP contribution >= 0.6 is 0 Å². The van der Waals surface area contributed by atoms with Crippen molar-refractivity contribution in [2.24, 2.45) is 11.8 Å². The Labute approximate surface area is 175 Å². The summed E-state index contributed by atoms with van der Waals surface area (Å²) in [5, 5.41) is 11.8. The van der Waals surface area contributed by atoms with Gasteiger partial charge < -0.3 is 19.5 Å². The number of rotatable bonds is 6. The Morgan fingerprint density at radius 1 is 1.33 bits per heavy atom. The van der Waals surface area contributed by atoms with Crippen molar-refractivity contribution in [2.45, 2.75) is 45.1 Å². The lowest BCUT2D eigenvalue weighted by atomic mass is 9.77. The van der Waals surface area contributed by atoms with E-state index in [0.29, 0.717) is 0 Å². The van der Waals surface area contributed by atoms with E-state index in [2.05, 4.69) is 0 Å². The quantitative estimate of drug-likeness (QED) is 0.555. The van der Waals surface area contributed by atoms with Gasteiger partial charge in [0, 0.05) is 19.5 Å². The molecule has 0 saturated carbocycles. The smallest absolute Gasteiger partial charge is 0.355 e. The number of hydroxylamine groups is 2. The second-order valence-corrected chi connectivity index (χ2v) is 8.22. The molecule has 30 heavy (non-hydrogen) atoms. The van der Waals surface area contributed by atoms with E-state index in [1.807, 2.05) is 26.1 Å². The van der Waals surface area contributed by atoms with Crippen molar-refractivity contribution in [3.8, 4) is 5.75 Å². The third kappa shape index (κ3) is 3.38. The van der Waals surface area contributed by atoms with Crippen molar-refractivity contribution in [1.29, 1.82) is 0 Å². The minimum atomic E-state index is -0.774. The maximum atomic E-state index is 13.1. The standard InChI is InChI=1S/C22H28N2O6/c1-12-17(16-9-10-23(3)30-16)20(24-19(12)18(13(2)25)21(24)26)22(27)29-11-14-5-7-15(28-4)8-6-14/h5-8,12-13,16,18-19,25H,9-11H2,1-4H3/t12-,13+,16-,18+,19+/m0/s1. The molecule has 3 aliphatic heterocycles. The first kappa shape index (κ1) is 20.8. The Morgan fingerprint density at radius 3 is 2.60 bits per heavy atom. The van der Waals surface area contributed by atoms with Gasteiger partial charge in [-0.05, 0) is 36.6 Å². The molecule has 0 spiro atoms. The number of aliphatic hydroxyl groups excluding tert-OH is 1. The van der Waals surface area contributed by atoms with Crippen LogP contribution in [0.1, 0.15) is 25.8 Å². The predicted octanol–water partition coefficient (Wildman–Crippen LogP) is 1.49. The Bertz CT molecular complexity index is 865. The number of carbonyl (C=O) groups excluding carboxylic acids is 2. The SMILES string of the molecule is COc1ccc(COC(=O)C2=C([C@@H]3CCN(C)O3)[C@H](C)[C@@H]3[C@@H]([C@@H](C)O)C(=O)N23)cc1. The van der Waals surface area contributed by atoms with E-state index < -0.39 is 18.0 Å². The van der Waals surface area contributed by atoms with Crippen molar-refractivity contribution >= 4 is 11.9 Å². The van der Waals surface area contributed by atoms with Gasteiger partial charge in [0.25, 0.3) is 0 Å². The predicted molar refractivity (Wildman–Crippen MR) is 107 cm³/mol. The number of amides is 1. The lowest BCUT2D eigenvalue weighted by Crippen LogP contribution is -2.63. The lowest BCUT2D eigenvalue weighted by Gasteiger charge is -2.46. The topological polar surface area (TPSA) is 88.5 Å². The highest BCUT2D eigenvalue weighted by Gasteiger charge is 2.61. The normalized spacial score (nSPS) is 29.6. The second kappa shape index (κ2) is 8.02. The zero-order chi connectivity index (χ0) is 21.6. The third-order valence-electron chi connectivity index (χ3n) is 6.31. The van der Waals surface area contributed by atoms with Crippen LogP contribution in [0.25, 0.3) is 0 Å². The summed E-state index contributed by atoms with van der Waals surface area (Å²) in [6.45, 7) is 4.44. The maximum absolute atomic E-state index is 13.1. The van der Waals surface area contributed by atoms with Crippen LogP contribution in [-0.2, 0) is 25.8 Å². The minimum Gasteiger partial charge on any atom is -0.497 e. The van der Waals surface area contributed by atoms with Gasteiger partial charge in [-0.2, -0.15) is 5.06 Å². The summed E-state index contributed by atoms with van der Waals surface area (Å²) < 4.78 is 10.7. The Kier molecular flexibility index (Phi) is 5.57. The molecule has 162 valence electrons. The van der Waals surface area contributed by atoms with Crippen molar-refractivity contribution in [3.63, 3.8) is 0 Å². The van der Waals surface area contributed by atoms with Gasteiger partial charge in [0.15, 0.2) is 0 Å². The molecule has 3 heterocycles. The highest BCUT2D eigenvalue weighted by Crippen LogP contribution is 2.49. The van der Waals surface area contributed by atoms with Crippen LogP contribution in [0, 0.1) is 11.8 Å². The van der Waals surface area contributed by atoms with Crippen LogP contribution in [0.4, 0.5) is 0 Å². The highest BCUT2D eigenvalue weighted by atomic mass is 16.7. The van der Waals surface area contributed by atoms with Crippen molar-refractivity contribution in [3.05, 3.63) is 41.1 Å². The van der Waals surface area contributed by atoms with E-state index >= 15 is 0 Å². The monoisotopic (exact) mass is 416 g/mol. The zero-order valence-corrected chi connectivity index (χ0v) is 17.7. The number of nitrogens with zero attached hydrogens (tertiary/aromatic N) is 2. The molecule has 0 aliphatic carbocycles. The van der Waals surface area contributed by atoms with Crippen LogP contribution in [0.2, 0.25) is 0 Å². The van der Waals surface area contributed by atoms with Crippen molar-refractivity contribution in [1.82, 2.24) is 9.96 Å². The number of carbonyl (C=O) groups is 2. The molecule has 3 aliphatic rings. The van der Waals surface area contributed by atoms with Gasteiger partial charge in [0.05, 0.1) is 25.2 Å². The number of esters is 1. The van der Waals surface area contributed by atoms with Crippen LogP contribution in [-0.4, -0.2) is 65.9 Å². The van der Waals surface area contributed by atoms with E-state index in [1.165, 1.54) is 4.90 Å². The van der Waals surface area contributed by atoms with Crippen LogP contribution in [0.15, 0.2) is 35.5 Å². The fourth-order valence-corrected chi connectivity index (χ4v) is 4.79. The summed E-state index contributed by atoms with van der Waals surface area (Å²) in [6, 6.07) is 7.01. The number of aliphatic hydroxyl groups is 1. The van der Waals surface area contributed by atoms with E-state index in [1.54, 1.807) is 31.2 Å². The number of hydrogen-bond acceptors (Lipinski definition) is 7. The van der Waals surface area contributed by atoms with E-state index in [4.69, 9.17) is 14.3 Å². The van der Waals surface area contributed by atoms with Gasteiger partial charge >= 0.3 is 5.97 Å². The first-order valence-corrected chi connectivity index (χ1v) is 10.3. The Hall–Kier alpha value is -2.42. The lowest BCUT2D eigenvalue weighted by molar-refractivity contribution is -0.164. The molecule has 4 rings (SSSR count). The summed E-state index contributed by atoms with van der Waals surface area (Å²) in [6.07, 6.45) is -0.314. The van der Waals surface area contributed by atoms with Gasteiger partial charge in [-0.25, -0.2) is 4.79 Å². The third-order valence-corrected chi connectivity index (χ3v) is 6.31. The zero-order valence-electron chi connectivity index (χ0n) is 17.7. The van der Waals surface area contributed by atoms with E-state index in [9.17, 15) is 14.7 Å². The van der Waals surface area contributed by atoms with Crippen molar-refractivity contribution < 1.29 is 29.0 Å². The fraction of sp³-hybridized carbons (Fsp3) is 0.545. The van der Waals surface area contributed by atoms with Gasteiger partial charge in [-0.3, -0.25) is 9.63 Å². The first-order chi connectivity index (χ1) is 14.3. The van der Waals surface area contributed by atoms with Crippen molar-refractivity contribution in [2.75, 3.05) is 20.7 Å². The number of β-lactam (4-membered cyclic amide) rings is 1. The molecule has 1 aromatic rings. The first-order valence-electron chi connectivity index (χ1n) is 10.3. The largest absolute Gasteiger partial charge is 0.497 e. The Morgan fingerprint density at radius 2 is 2.03 bits per heavy atom. The Balaban J connectivity index is 1.58. The van der Waals surface area contributed by atoms with E-state index in [0.717, 1.165) is 29.9 Å². The number of methoxy groups -OCH3 is 1. The molecule has 1 amide bonds. The summed E-state index contributed by atoms with van der Waals surface area (Å²) in [7, 11) is 3.44. The van der Waals surface area contributed by atoms with Gasteiger partial charge in [-0.1, -0.05) is 19.1 Å². The molecular formula is C22H28N2O6. The molecule has 8 nitrogen and oxygen atoms in total. The van der Waals surface area contributed by atoms with Gasteiger partial charge in [0.2, 0.25) is 5.91 Å². The molecule has 2 saturated heterocycles. The molecule has 0 unspecified atom stereocenters. The highest BCUT2D eigenvalue weighted by molar-refractivity contribution is 6.01. The van der Waals surface area contributed by atoms with E-state index in [-0.39, 0.29) is 36.3 Å². The number of ether oxygens (including phenoxy) is 2. The molecule has 1 N–H and O–H groups in total. The molecule has 0 aromatic heterocycles. The summed E-state index contributed by atoms with van der Waals surface area (Å²) in [4.78, 5) is 33.3. The summed E-state index contributed by atoms with van der Waals surface area (Å²) >= 11 is 0. The van der Waals surface area contributed by atoms with Crippen LogP contribution < -0.4 is 4.74 Å². The van der Waals surface area contributed by atoms with Gasteiger partial charge in [-0.15, -0.1) is 0 Å². The molecule has 2 fully saturated rings. The minimum absolute atomic E-state index is 0.0892. The average Bonchev–Trinajstić information content (AvgIpc) is 3.25. The maximum Gasteiger partial charge on any atom is 0.355 e. The summed E-state index contributed by atoms with van der Waals surface area (Å²) in [5.41, 5.74) is 1.89. The molecule has 0 bridgehead atoms. The molecule has 0 radical (unpaired) electrons. The number of hydrogen-bond donors (Lipinski definition) is 1. The van der Waals surface area contributed by atoms with Crippen LogP contribution in [0.5, 0.6) is 5.75 Å². The second-order valence-electron chi connectivity index (χ2n) is 8.22. The molecule has 8 heteroatoms.